The number of rotatable bonds is 5. The molecular weight excluding hydrogens is 332 g/mol. The highest BCUT2D eigenvalue weighted by atomic mass is 32.2. The van der Waals surface area contributed by atoms with Gasteiger partial charge in [0.1, 0.15) is 10.7 Å². The number of sulfonamides is 1. The summed E-state index contributed by atoms with van der Waals surface area (Å²) in [6.07, 6.45) is 2.11. The van der Waals surface area contributed by atoms with Crippen LogP contribution in [0.1, 0.15) is 19.8 Å². The number of para-hydroxylation sites is 1. The molecule has 3 rings (SSSR count). The molecule has 2 aromatic rings. The first-order valence-corrected chi connectivity index (χ1v) is 8.89. The lowest BCUT2D eigenvalue weighted by Crippen LogP contribution is -2.44. The van der Waals surface area contributed by atoms with Crippen LogP contribution >= 0.6 is 0 Å². The number of hydrogen-bond donors (Lipinski definition) is 1. The Balaban J connectivity index is 0.000000368. The van der Waals surface area contributed by atoms with Crippen molar-refractivity contribution in [1.29, 1.82) is 0 Å². The summed E-state index contributed by atoms with van der Waals surface area (Å²) < 4.78 is 31.3. The van der Waals surface area contributed by atoms with Crippen LogP contribution in [0.15, 0.2) is 41.4 Å². The molecule has 1 fully saturated rings. The van der Waals surface area contributed by atoms with Crippen molar-refractivity contribution in [3.63, 3.8) is 0 Å². The number of carbonyl (C=O) groups is 2. The third kappa shape index (κ3) is 4.36. The minimum absolute atomic E-state index is 0.0868. The fourth-order valence-corrected chi connectivity index (χ4v) is 3.63. The predicted octanol–water partition coefficient (Wildman–Crippen LogP) is 1.42. The molecule has 128 valence electrons. The van der Waals surface area contributed by atoms with Crippen LogP contribution in [0.2, 0.25) is 0 Å². The van der Waals surface area contributed by atoms with Gasteiger partial charge in [-0.15, -0.1) is 0 Å². The Morgan fingerprint density at radius 2 is 2.00 bits per heavy atom. The van der Waals surface area contributed by atoms with Gasteiger partial charge in [-0.25, -0.2) is 13.1 Å². The number of benzene rings is 1. The van der Waals surface area contributed by atoms with Crippen molar-refractivity contribution in [2.75, 3.05) is 6.61 Å². The molecule has 0 atom stereocenters. The van der Waals surface area contributed by atoms with Crippen molar-refractivity contribution in [3.05, 3.63) is 36.5 Å². The Bertz CT molecular complexity index is 822. The molecule has 0 amide bonds. The van der Waals surface area contributed by atoms with Gasteiger partial charge >= 0.3 is 0 Å². The Hall–Kier alpha value is -2.32. The number of Topliss-reactive ketones (excluding diaryl/α,β-unsaturated/α-hetero) is 1. The highest BCUT2D eigenvalue weighted by Crippen LogP contribution is 2.23. The molecule has 1 aliphatic rings. The van der Waals surface area contributed by atoms with Gasteiger partial charge in [0.2, 0.25) is 10.0 Å². The monoisotopic (exact) mass is 350 g/mol. The van der Waals surface area contributed by atoms with Crippen LogP contribution in [0, 0.1) is 0 Å². The zero-order chi connectivity index (χ0) is 17.6. The van der Waals surface area contributed by atoms with E-state index >= 15 is 0 Å². The molecule has 0 saturated heterocycles. The highest BCUT2D eigenvalue weighted by molar-refractivity contribution is 7.89. The average Bonchev–Trinajstić information content (AvgIpc) is 2.54. The topological polar surface area (TPSA) is 102 Å². The van der Waals surface area contributed by atoms with Crippen LogP contribution < -0.4 is 4.72 Å². The zero-order valence-electron chi connectivity index (χ0n) is 13.1. The normalized spacial score (nSPS) is 14.5. The number of carbonyl (C=O) groups excluding carboxylic acids is 2. The number of pyridine rings is 1. The van der Waals surface area contributed by atoms with Crippen molar-refractivity contribution in [1.82, 2.24) is 9.71 Å². The Morgan fingerprint density at radius 3 is 2.58 bits per heavy atom. The van der Waals surface area contributed by atoms with Gasteiger partial charge in [-0.1, -0.05) is 18.2 Å². The molecule has 1 aromatic heterocycles. The van der Waals surface area contributed by atoms with E-state index < -0.39 is 10.0 Å². The second-order valence-electron chi connectivity index (χ2n) is 5.15. The van der Waals surface area contributed by atoms with Crippen LogP contribution in [-0.2, 0) is 24.3 Å². The second-order valence-corrected chi connectivity index (χ2v) is 6.83. The van der Waals surface area contributed by atoms with Gasteiger partial charge in [0.15, 0.2) is 0 Å². The van der Waals surface area contributed by atoms with Crippen LogP contribution in [0.25, 0.3) is 10.9 Å². The van der Waals surface area contributed by atoms with Gasteiger partial charge in [0.25, 0.3) is 6.47 Å². The third-order valence-corrected chi connectivity index (χ3v) is 4.94. The smallest absolute Gasteiger partial charge is 0.293 e. The van der Waals surface area contributed by atoms with Crippen molar-refractivity contribution < 1.29 is 22.7 Å². The van der Waals surface area contributed by atoms with E-state index in [0.29, 0.717) is 18.6 Å². The first-order valence-electron chi connectivity index (χ1n) is 7.41. The summed E-state index contributed by atoms with van der Waals surface area (Å²) in [5.74, 6) is 0.0868. The molecule has 1 heterocycles. The molecule has 1 N–H and O–H groups in total. The van der Waals surface area contributed by atoms with E-state index in [1.165, 1.54) is 6.07 Å². The molecule has 1 saturated carbocycles. The Morgan fingerprint density at radius 1 is 1.29 bits per heavy atom. The average molecular weight is 350 g/mol. The molecule has 0 spiro atoms. The number of aromatic nitrogens is 1. The summed E-state index contributed by atoms with van der Waals surface area (Å²) in [5, 5.41) is 0.773. The first kappa shape index (κ1) is 18.0. The summed E-state index contributed by atoms with van der Waals surface area (Å²) in [6, 6.07) is 8.32. The summed E-state index contributed by atoms with van der Waals surface area (Å²) in [6.45, 7) is 2.66. The lowest BCUT2D eigenvalue weighted by Gasteiger charge is -2.24. The third-order valence-electron chi connectivity index (χ3n) is 3.39. The van der Waals surface area contributed by atoms with Crippen LogP contribution in [0.5, 0.6) is 0 Å². The van der Waals surface area contributed by atoms with Crippen LogP contribution in [-0.4, -0.2) is 38.3 Å². The SMILES string of the molecule is CCOC=O.O=C1CC(NS(=O)(=O)c2cccc3cccnc23)C1. The number of ketones is 1. The summed E-state index contributed by atoms with van der Waals surface area (Å²) in [7, 11) is -3.64. The lowest BCUT2D eigenvalue weighted by molar-refractivity contribution is -0.128. The van der Waals surface area contributed by atoms with Gasteiger partial charge in [-0.3, -0.25) is 14.6 Å². The van der Waals surface area contributed by atoms with E-state index in [2.05, 4.69) is 14.4 Å². The summed E-state index contributed by atoms with van der Waals surface area (Å²) in [5.41, 5.74) is 0.447. The largest absolute Gasteiger partial charge is 0.468 e. The standard InChI is InChI=1S/C13H12N2O3S.C3H6O2/c16-11-7-10(8-11)15-19(17,18)12-5-1-3-9-4-2-6-14-13(9)12;1-2-5-3-4/h1-6,10,15H,7-8H2;3H,2H2,1H3. The number of fused-ring (bicyclic) bond motifs is 1. The van der Waals surface area contributed by atoms with E-state index in [1.54, 1.807) is 25.3 Å². The minimum Gasteiger partial charge on any atom is -0.468 e. The summed E-state index contributed by atoms with van der Waals surface area (Å²) in [4.78, 5) is 24.4. The van der Waals surface area contributed by atoms with Crippen molar-refractivity contribution in [3.8, 4) is 0 Å². The van der Waals surface area contributed by atoms with Gasteiger partial charge < -0.3 is 4.74 Å². The molecular formula is C16H18N2O5S. The molecule has 0 bridgehead atoms. The predicted molar refractivity (Wildman–Crippen MR) is 87.8 cm³/mol. The fourth-order valence-electron chi connectivity index (χ4n) is 2.22. The molecule has 7 nitrogen and oxygen atoms in total. The van der Waals surface area contributed by atoms with E-state index in [0.717, 1.165) is 5.39 Å². The van der Waals surface area contributed by atoms with Gasteiger partial charge in [-0.05, 0) is 19.1 Å². The van der Waals surface area contributed by atoms with Crippen molar-refractivity contribution in [2.24, 2.45) is 0 Å². The molecule has 0 aliphatic heterocycles. The van der Waals surface area contributed by atoms with Crippen molar-refractivity contribution in [2.45, 2.75) is 30.7 Å². The molecule has 1 aliphatic carbocycles. The number of ether oxygens (including phenoxy) is 1. The zero-order valence-corrected chi connectivity index (χ0v) is 14.0. The molecule has 0 unspecified atom stereocenters. The van der Waals surface area contributed by atoms with Gasteiger partial charge in [0.05, 0.1) is 12.1 Å². The molecule has 8 heteroatoms. The minimum atomic E-state index is -3.64. The van der Waals surface area contributed by atoms with E-state index in [1.807, 2.05) is 12.1 Å². The maximum Gasteiger partial charge on any atom is 0.293 e. The quantitative estimate of drug-likeness (QED) is 0.818. The number of nitrogens with one attached hydrogen (secondary N) is 1. The Labute approximate surface area is 140 Å². The number of hydrogen-bond acceptors (Lipinski definition) is 6. The molecule has 24 heavy (non-hydrogen) atoms. The molecule has 1 aromatic carbocycles. The second kappa shape index (κ2) is 7.98. The lowest BCUT2D eigenvalue weighted by atomic mass is 9.93. The van der Waals surface area contributed by atoms with E-state index in [9.17, 15) is 18.0 Å². The maximum absolute atomic E-state index is 12.3. The molecule has 0 radical (unpaired) electrons. The van der Waals surface area contributed by atoms with Crippen LogP contribution in [0.4, 0.5) is 0 Å². The van der Waals surface area contributed by atoms with E-state index in [4.69, 9.17) is 0 Å². The summed E-state index contributed by atoms with van der Waals surface area (Å²) >= 11 is 0. The van der Waals surface area contributed by atoms with E-state index in [-0.39, 0.29) is 29.6 Å². The number of nitrogens with zero attached hydrogens (tertiary/aromatic N) is 1. The first-order chi connectivity index (χ1) is 11.5. The van der Waals surface area contributed by atoms with Crippen molar-refractivity contribution >= 4 is 33.2 Å². The maximum atomic E-state index is 12.3. The van der Waals surface area contributed by atoms with Gasteiger partial charge in [-0.2, -0.15) is 0 Å². The van der Waals surface area contributed by atoms with Gasteiger partial charge in [0, 0.05) is 30.5 Å². The fraction of sp³-hybridized carbons (Fsp3) is 0.312. The highest BCUT2D eigenvalue weighted by Gasteiger charge is 2.31. The Kier molecular flexibility index (Phi) is 5.99. The van der Waals surface area contributed by atoms with Crippen LogP contribution in [0.3, 0.4) is 0 Å².